The maximum absolute atomic E-state index is 13.0. The molecule has 2 aromatic rings. The summed E-state index contributed by atoms with van der Waals surface area (Å²) in [6, 6.07) is 15.4. The molecular formula is C23H29FN4O2+2. The summed E-state index contributed by atoms with van der Waals surface area (Å²) in [6.45, 7) is 8.37. The van der Waals surface area contributed by atoms with Crippen molar-refractivity contribution in [2.75, 3.05) is 56.0 Å². The van der Waals surface area contributed by atoms with Gasteiger partial charge in [-0.05, 0) is 36.4 Å². The van der Waals surface area contributed by atoms with E-state index in [2.05, 4.69) is 11.9 Å². The standard InChI is InChI=1S/C23H27FN4O2/c1-2-12-28(21-6-4-3-5-7-21)23(30)18-27-15-13-26(14-16-27)17-22(29)25-20-10-8-19(24)9-11-20/h2-11H,1,12-18H2,(H,25,29)/p+2. The third-order valence-electron chi connectivity index (χ3n) is 5.28. The van der Waals surface area contributed by atoms with Gasteiger partial charge in [-0.1, -0.05) is 24.3 Å². The molecule has 1 fully saturated rings. The second-order valence-corrected chi connectivity index (χ2v) is 7.54. The number of benzene rings is 2. The van der Waals surface area contributed by atoms with Crippen LogP contribution in [0.15, 0.2) is 67.3 Å². The van der Waals surface area contributed by atoms with Crippen molar-refractivity contribution >= 4 is 23.2 Å². The van der Waals surface area contributed by atoms with Crippen LogP contribution in [0.25, 0.3) is 0 Å². The predicted molar refractivity (Wildman–Crippen MR) is 115 cm³/mol. The molecule has 0 bridgehead atoms. The molecule has 3 N–H and O–H groups in total. The van der Waals surface area contributed by atoms with Crippen LogP contribution in [0, 0.1) is 5.82 Å². The Balaban J connectivity index is 1.45. The zero-order valence-corrected chi connectivity index (χ0v) is 17.1. The SMILES string of the molecule is C=CCN(C(=O)C[NH+]1CC[NH+](CC(=O)Nc2ccc(F)cc2)CC1)c1ccccc1. The molecule has 3 rings (SSSR count). The molecule has 158 valence electrons. The van der Waals surface area contributed by atoms with E-state index in [4.69, 9.17) is 0 Å². The number of amides is 2. The fraction of sp³-hybridized carbons (Fsp3) is 0.304. The number of hydrogen-bond donors (Lipinski definition) is 3. The molecule has 30 heavy (non-hydrogen) atoms. The van der Waals surface area contributed by atoms with Crippen LogP contribution < -0.4 is 20.0 Å². The molecule has 7 heteroatoms. The average molecular weight is 413 g/mol. The van der Waals surface area contributed by atoms with Gasteiger partial charge in [-0.3, -0.25) is 9.59 Å². The lowest BCUT2D eigenvalue weighted by Gasteiger charge is -2.30. The van der Waals surface area contributed by atoms with E-state index in [-0.39, 0.29) is 17.6 Å². The second kappa shape index (κ2) is 10.7. The van der Waals surface area contributed by atoms with Gasteiger partial charge in [0.25, 0.3) is 11.8 Å². The minimum Gasteiger partial charge on any atom is -0.321 e. The molecule has 0 aromatic heterocycles. The van der Waals surface area contributed by atoms with Crippen molar-refractivity contribution in [3.05, 3.63) is 73.1 Å². The molecule has 2 aromatic carbocycles. The molecule has 6 nitrogen and oxygen atoms in total. The van der Waals surface area contributed by atoms with Gasteiger partial charge in [0.1, 0.15) is 32.0 Å². The van der Waals surface area contributed by atoms with E-state index >= 15 is 0 Å². The highest BCUT2D eigenvalue weighted by Gasteiger charge is 2.28. The number of carbonyl (C=O) groups excluding carboxylic acids is 2. The number of para-hydroxylation sites is 1. The van der Waals surface area contributed by atoms with E-state index in [1.807, 2.05) is 30.3 Å². The maximum atomic E-state index is 13.0. The Kier molecular flexibility index (Phi) is 7.70. The van der Waals surface area contributed by atoms with Crippen molar-refractivity contribution in [2.45, 2.75) is 0 Å². The number of rotatable bonds is 8. The molecule has 1 saturated heterocycles. The molecule has 1 heterocycles. The molecule has 0 radical (unpaired) electrons. The molecule has 0 spiro atoms. The van der Waals surface area contributed by atoms with E-state index in [1.165, 1.54) is 21.9 Å². The third kappa shape index (κ3) is 6.23. The summed E-state index contributed by atoms with van der Waals surface area (Å²) >= 11 is 0. The Hall–Kier alpha value is -3.03. The van der Waals surface area contributed by atoms with Gasteiger partial charge >= 0.3 is 0 Å². The van der Waals surface area contributed by atoms with Crippen molar-refractivity contribution < 1.29 is 23.8 Å². The lowest BCUT2D eigenvalue weighted by Crippen LogP contribution is -3.28. The smallest absolute Gasteiger partial charge is 0.282 e. The first-order valence-corrected chi connectivity index (χ1v) is 10.2. The highest BCUT2D eigenvalue weighted by atomic mass is 19.1. The number of quaternary nitrogens is 2. The maximum Gasteiger partial charge on any atom is 0.282 e. The number of anilines is 2. The van der Waals surface area contributed by atoms with Crippen molar-refractivity contribution in [1.29, 1.82) is 0 Å². The van der Waals surface area contributed by atoms with Crippen LogP contribution in [0.4, 0.5) is 15.8 Å². The van der Waals surface area contributed by atoms with Crippen LogP contribution >= 0.6 is 0 Å². The number of piperazine rings is 1. The summed E-state index contributed by atoms with van der Waals surface area (Å²) < 4.78 is 13.0. The highest BCUT2D eigenvalue weighted by Crippen LogP contribution is 2.12. The summed E-state index contributed by atoms with van der Waals surface area (Å²) in [5, 5.41) is 2.80. The van der Waals surface area contributed by atoms with Crippen LogP contribution in [0.5, 0.6) is 0 Å². The van der Waals surface area contributed by atoms with Crippen molar-refractivity contribution in [3.63, 3.8) is 0 Å². The summed E-state index contributed by atoms with van der Waals surface area (Å²) in [6.07, 6.45) is 1.74. The first-order chi connectivity index (χ1) is 14.5. The summed E-state index contributed by atoms with van der Waals surface area (Å²) in [5.41, 5.74) is 1.47. The minimum atomic E-state index is -0.328. The fourth-order valence-corrected chi connectivity index (χ4v) is 3.67. The molecule has 0 aliphatic carbocycles. The summed E-state index contributed by atoms with van der Waals surface area (Å²) in [7, 11) is 0. The van der Waals surface area contributed by atoms with Crippen molar-refractivity contribution in [2.24, 2.45) is 0 Å². The highest BCUT2D eigenvalue weighted by molar-refractivity contribution is 5.94. The number of nitrogens with zero attached hydrogens (tertiary/aromatic N) is 1. The number of hydrogen-bond acceptors (Lipinski definition) is 2. The Labute approximate surface area is 176 Å². The van der Waals surface area contributed by atoms with Crippen LogP contribution in [-0.4, -0.2) is 57.6 Å². The number of halogens is 1. The van der Waals surface area contributed by atoms with Gasteiger partial charge in [0.05, 0.1) is 0 Å². The molecule has 1 aliphatic rings. The minimum absolute atomic E-state index is 0.0774. The first-order valence-electron chi connectivity index (χ1n) is 10.2. The molecule has 0 saturated carbocycles. The molecular weight excluding hydrogens is 383 g/mol. The van der Waals surface area contributed by atoms with E-state index in [1.54, 1.807) is 23.1 Å². The number of nitrogens with one attached hydrogen (secondary N) is 3. The van der Waals surface area contributed by atoms with Crippen molar-refractivity contribution in [1.82, 2.24) is 0 Å². The third-order valence-corrected chi connectivity index (χ3v) is 5.28. The molecule has 1 aliphatic heterocycles. The normalized spacial score (nSPS) is 18.4. The lowest BCUT2D eigenvalue weighted by atomic mass is 10.2. The van der Waals surface area contributed by atoms with Gasteiger partial charge in [0.2, 0.25) is 0 Å². The quantitative estimate of drug-likeness (QED) is 0.525. The van der Waals surface area contributed by atoms with Crippen LogP contribution in [0.1, 0.15) is 0 Å². The topological polar surface area (TPSA) is 58.3 Å². The van der Waals surface area contributed by atoms with E-state index in [9.17, 15) is 14.0 Å². The lowest BCUT2D eigenvalue weighted by molar-refractivity contribution is -1.00. The van der Waals surface area contributed by atoms with Gasteiger partial charge in [-0.25, -0.2) is 4.39 Å². The molecule has 0 atom stereocenters. The van der Waals surface area contributed by atoms with E-state index in [0.717, 1.165) is 31.9 Å². The van der Waals surface area contributed by atoms with Gasteiger partial charge < -0.3 is 20.0 Å². The predicted octanol–water partition coefficient (Wildman–Crippen LogP) is -0.233. The Bertz CT molecular complexity index is 849. The van der Waals surface area contributed by atoms with Gasteiger partial charge in [0, 0.05) is 17.9 Å². The summed E-state index contributed by atoms with van der Waals surface area (Å²) in [5.74, 6) is -0.336. The van der Waals surface area contributed by atoms with Crippen molar-refractivity contribution in [3.8, 4) is 0 Å². The Morgan fingerprint density at radius 2 is 1.57 bits per heavy atom. The first kappa shape index (κ1) is 21.7. The monoisotopic (exact) mass is 412 g/mol. The van der Waals surface area contributed by atoms with E-state index in [0.29, 0.717) is 25.3 Å². The zero-order chi connectivity index (χ0) is 21.3. The zero-order valence-electron chi connectivity index (χ0n) is 17.1. The van der Waals surface area contributed by atoms with Crippen LogP contribution in [0.3, 0.4) is 0 Å². The average Bonchev–Trinajstić information content (AvgIpc) is 2.75. The Morgan fingerprint density at radius 3 is 2.17 bits per heavy atom. The Morgan fingerprint density at radius 1 is 0.967 bits per heavy atom. The van der Waals surface area contributed by atoms with Gasteiger partial charge in [-0.2, -0.15) is 0 Å². The largest absolute Gasteiger partial charge is 0.321 e. The fourth-order valence-electron chi connectivity index (χ4n) is 3.67. The van der Waals surface area contributed by atoms with Gasteiger partial charge in [0.15, 0.2) is 13.1 Å². The molecule has 2 amide bonds. The van der Waals surface area contributed by atoms with Gasteiger partial charge in [-0.15, -0.1) is 6.58 Å². The molecule has 0 unspecified atom stereocenters. The second-order valence-electron chi connectivity index (χ2n) is 7.54. The summed E-state index contributed by atoms with van der Waals surface area (Å²) in [4.78, 5) is 29.3. The van der Waals surface area contributed by atoms with E-state index < -0.39 is 0 Å². The van der Waals surface area contributed by atoms with Crippen LogP contribution in [-0.2, 0) is 9.59 Å². The van der Waals surface area contributed by atoms with Crippen LogP contribution in [0.2, 0.25) is 0 Å². The number of carbonyl (C=O) groups is 2.